The van der Waals surface area contributed by atoms with E-state index in [1.54, 1.807) is 6.07 Å². The quantitative estimate of drug-likeness (QED) is 0.745. The highest BCUT2D eigenvalue weighted by Gasteiger charge is 2.15. The van der Waals surface area contributed by atoms with Gasteiger partial charge in [-0.1, -0.05) is 30.1 Å². The lowest BCUT2D eigenvalue weighted by atomic mass is 10.2. The van der Waals surface area contributed by atoms with Crippen molar-refractivity contribution in [2.75, 3.05) is 45.8 Å². The van der Waals surface area contributed by atoms with E-state index in [0.717, 1.165) is 39.0 Å². The number of unbranched alkanes of at least 4 members (excludes halogenated alkanes) is 1. The summed E-state index contributed by atoms with van der Waals surface area (Å²) < 4.78 is 0. The molecule has 0 spiro atoms. The Morgan fingerprint density at radius 3 is 2.50 bits per heavy atom. The number of hydrogen-bond acceptors (Lipinski definition) is 3. The number of nitrogens with one attached hydrogen (secondary N) is 2. The number of rotatable bonds is 7. The van der Waals surface area contributed by atoms with Crippen LogP contribution in [0.1, 0.15) is 30.3 Å². The zero-order chi connectivity index (χ0) is 15.9. The SMILES string of the molecule is CCN1CCN(CCCCNC(=O)c2cc(Cl)c(Cl)[nH]2)CC1. The van der Waals surface area contributed by atoms with Gasteiger partial charge in [-0.2, -0.15) is 0 Å². The maximum atomic E-state index is 11.9. The molecule has 1 aromatic heterocycles. The Morgan fingerprint density at radius 2 is 1.91 bits per heavy atom. The van der Waals surface area contributed by atoms with Crippen molar-refractivity contribution in [3.05, 3.63) is 21.9 Å². The van der Waals surface area contributed by atoms with Gasteiger partial charge in [0.2, 0.25) is 0 Å². The molecule has 2 rings (SSSR count). The Kier molecular flexibility index (Phi) is 7.02. The van der Waals surface area contributed by atoms with Gasteiger partial charge in [-0.15, -0.1) is 0 Å². The van der Waals surface area contributed by atoms with Gasteiger partial charge < -0.3 is 20.1 Å². The van der Waals surface area contributed by atoms with E-state index in [0.29, 0.717) is 22.4 Å². The molecule has 1 saturated heterocycles. The third-order valence-electron chi connectivity index (χ3n) is 4.07. The van der Waals surface area contributed by atoms with Crippen molar-refractivity contribution in [3.8, 4) is 0 Å². The molecule has 5 nitrogen and oxygen atoms in total. The summed E-state index contributed by atoms with van der Waals surface area (Å²) >= 11 is 11.6. The zero-order valence-electron chi connectivity index (χ0n) is 13.0. The Bertz CT molecular complexity index is 464. The number of piperazine rings is 1. The summed E-state index contributed by atoms with van der Waals surface area (Å²) in [5.41, 5.74) is 0.408. The van der Waals surface area contributed by atoms with E-state index in [-0.39, 0.29) is 5.91 Å². The van der Waals surface area contributed by atoms with Crippen molar-refractivity contribution in [2.45, 2.75) is 19.8 Å². The van der Waals surface area contributed by atoms with Gasteiger partial charge in [0.15, 0.2) is 0 Å². The van der Waals surface area contributed by atoms with E-state index >= 15 is 0 Å². The number of hydrogen-bond donors (Lipinski definition) is 2. The molecular formula is C15H24Cl2N4O. The maximum Gasteiger partial charge on any atom is 0.267 e. The molecule has 7 heteroatoms. The summed E-state index contributed by atoms with van der Waals surface area (Å²) in [7, 11) is 0. The van der Waals surface area contributed by atoms with Crippen LogP contribution >= 0.6 is 23.2 Å². The molecule has 1 aromatic rings. The molecular weight excluding hydrogens is 323 g/mol. The second-order valence-electron chi connectivity index (χ2n) is 5.58. The molecule has 2 N–H and O–H groups in total. The van der Waals surface area contributed by atoms with Crippen LogP contribution in [0.25, 0.3) is 0 Å². The maximum absolute atomic E-state index is 11.9. The van der Waals surface area contributed by atoms with E-state index in [9.17, 15) is 4.79 Å². The third-order valence-corrected chi connectivity index (χ3v) is 4.76. The molecule has 0 bridgehead atoms. The normalized spacial score (nSPS) is 16.9. The van der Waals surface area contributed by atoms with Crippen LogP contribution in [0.5, 0.6) is 0 Å². The monoisotopic (exact) mass is 346 g/mol. The van der Waals surface area contributed by atoms with Crippen molar-refractivity contribution in [3.63, 3.8) is 0 Å². The summed E-state index contributed by atoms with van der Waals surface area (Å²) in [6.45, 7) is 9.77. The Balaban J connectivity index is 1.57. The Morgan fingerprint density at radius 1 is 1.23 bits per heavy atom. The Labute approximate surface area is 141 Å². The van der Waals surface area contributed by atoms with Gasteiger partial charge in [-0.3, -0.25) is 4.79 Å². The highest BCUT2D eigenvalue weighted by molar-refractivity contribution is 6.41. The molecule has 0 atom stereocenters. The highest BCUT2D eigenvalue weighted by Crippen LogP contribution is 2.21. The topological polar surface area (TPSA) is 51.4 Å². The molecule has 2 heterocycles. The third kappa shape index (κ3) is 5.16. The zero-order valence-corrected chi connectivity index (χ0v) is 14.5. The first-order valence-corrected chi connectivity index (χ1v) is 8.62. The number of nitrogens with zero attached hydrogens (tertiary/aromatic N) is 2. The second kappa shape index (κ2) is 8.77. The molecule has 22 heavy (non-hydrogen) atoms. The van der Waals surface area contributed by atoms with Gasteiger partial charge in [-0.25, -0.2) is 0 Å². The molecule has 0 saturated carbocycles. The standard InChI is InChI=1S/C15H24Cl2N4O/c1-2-20-7-9-21(10-8-20)6-4-3-5-18-15(22)13-11-12(16)14(17)19-13/h11,19H,2-10H2,1H3,(H,18,22). The van der Waals surface area contributed by atoms with Crippen LogP contribution in [0.2, 0.25) is 10.2 Å². The smallest absolute Gasteiger partial charge is 0.267 e. The number of H-pyrrole nitrogens is 1. The molecule has 0 aromatic carbocycles. The summed E-state index contributed by atoms with van der Waals surface area (Å²) in [5, 5.41) is 3.56. The van der Waals surface area contributed by atoms with Gasteiger partial charge in [0.1, 0.15) is 10.8 Å². The first kappa shape index (κ1) is 17.6. The average Bonchev–Trinajstić information content (AvgIpc) is 2.87. The number of halogens is 2. The fourth-order valence-electron chi connectivity index (χ4n) is 2.61. The summed E-state index contributed by atoms with van der Waals surface area (Å²) in [6.07, 6.45) is 2.07. The first-order valence-electron chi connectivity index (χ1n) is 7.87. The lowest BCUT2D eigenvalue weighted by Crippen LogP contribution is -2.46. The van der Waals surface area contributed by atoms with Crippen molar-refractivity contribution in [1.29, 1.82) is 0 Å². The van der Waals surface area contributed by atoms with E-state index in [1.165, 1.54) is 13.1 Å². The number of likely N-dealkylation sites (N-methyl/N-ethyl adjacent to an activating group) is 1. The van der Waals surface area contributed by atoms with Crippen molar-refractivity contribution >= 4 is 29.1 Å². The van der Waals surface area contributed by atoms with Crippen LogP contribution in [0.15, 0.2) is 6.07 Å². The molecule has 0 radical (unpaired) electrons. The number of carbonyl (C=O) groups is 1. The van der Waals surface area contributed by atoms with E-state index in [1.807, 2.05) is 0 Å². The molecule has 1 aliphatic heterocycles. The van der Waals surface area contributed by atoms with Crippen LogP contribution in [0.4, 0.5) is 0 Å². The fraction of sp³-hybridized carbons (Fsp3) is 0.667. The fourth-order valence-corrected chi connectivity index (χ4v) is 2.93. The van der Waals surface area contributed by atoms with Gasteiger partial charge in [0.05, 0.1) is 5.02 Å². The van der Waals surface area contributed by atoms with Gasteiger partial charge in [-0.05, 0) is 32.0 Å². The molecule has 0 unspecified atom stereocenters. The minimum absolute atomic E-state index is 0.162. The predicted molar refractivity (Wildman–Crippen MR) is 90.9 cm³/mol. The van der Waals surface area contributed by atoms with E-state index in [2.05, 4.69) is 27.0 Å². The van der Waals surface area contributed by atoms with Crippen molar-refractivity contribution in [1.82, 2.24) is 20.1 Å². The van der Waals surface area contributed by atoms with Crippen LogP contribution in [-0.2, 0) is 0 Å². The number of aromatic nitrogens is 1. The van der Waals surface area contributed by atoms with Crippen molar-refractivity contribution < 1.29 is 4.79 Å². The van der Waals surface area contributed by atoms with Gasteiger partial charge in [0.25, 0.3) is 5.91 Å². The molecule has 1 aliphatic rings. The molecule has 1 amide bonds. The average molecular weight is 347 g/mol. The summed E-state index contributed by atoms with van der Waals surface area (Å²) in [5.74, 6) is -0.162. The van der Waals surface area contributed by atoms with Crippen LogP contribution in [0, 0.1) is 0 Å². The van der Waals surface area contributed by atoms with E-state index in [4.69, 9.17) is 23.2 Å². The summed E-state index contributed by atoms with van der Waals surface area (Å²) in [4.78, 5) is 19.6. The molecule has 0 aliphatic carbocycles. The number of amides is 1. The first-order chi connectivity index (χ1) is 10.6. The highest BCUT2D eigenvalue weighted by atomic mass is 35.5. The van der Waals surface area contributed by atoms with Crippen LogP contribution < -0.4 is 5.32 Å². The predicted octanol–water partition coefficient (Wildman–Crippen LogP) is 2.47. The minimum atomic E-state index is -0.162. The van der Waals surface area contributed by atoms with Crippen LogP contribution in [-0.4, -0.2) is 66.5 Å². The number of aromatic amines is 1. The van der Waals surface area contributed by atoms with Crippen molar-refractivity contribution in [2.24, 2.45) is 0 Å². The molecule has 1 fully saturated rings. The summed E-state index contributed by atoms with van der Waals surface area (Å²) in [6, 6.07) is 1.55. The largest absolute Gasteiger partial charge is 0.351 e. The lowest BCUT2D eigenvalue weighted by Gasteiger charge is -2.33. The van der Waals surface area contributed by atoms with E-state index < -0.39 is 0 Å². The van der Waals surface area contributed by atoms with Gasteiger partial charge >= 0.3 is 0 Å². The second-order valence-corrected chi connectivity index (χ2v) is 6.37. The lowest BCUT2D eigenvalue weighted by molar-refractivity contribution is 0.0947. The Hall–Kier alpha value is -0.750. The van der Waals surface area contributed by atoms with Crippen LogP contribution in [0.3, 0.4) is 0 Å². The minimum Gasteiger partial charge on any atom is -0.351 e. The number of carbonyl (C=O) groups excluding carboxylic acids is 1. The molecule has 124 valence electrons. The van der Waals surface area contributed by atoms with Gasteiger partial charge in [0, 0.05) is 32.7 Å².